The number of hydrogen-bond acceptors (Lipinski definition) is 3. The van der Waals surface area contributed by atoms with Crippen LogP contribution in [0.5, 0.6) is 0 Å². The third kappa shape index (κ3) is 3.11. The first-order chi connectivity index (χ1) is 6.86. The van der Waals surface area contributed by atoms with Crippen LogP contribution in [-0.2, 0) is 0 Å². The molecule has 0 saturated heterocycles. The van der Waals surface area contributed by atoms with E-state index in [1.54, 1.807) is 12.1 Å². The summed E-state index contributed by atoms with van der Waals surface area (Å²) in [4.78, 5) is 0. The average Bonchev–Trinajstić information content (AvgIpc) is 2.25. The summed E-state index contributed by atoms with van der Waals surface area (Å²) < 4.78 is 0. The van der Waals surface area contributed by atoms with Crippen LogP contribution in [0.2, 0.25) is 0 Å². The molecule has 0 fully saturated rings. The maximum Gasteiger partial charge on any atom is 0.0991 e. The first-order valence-corrected chi connectivity index (χ1v) is 4.19. The van der Waals surface area contributed by atoms with Crippen molar-refractivity contribution in [2.24, 2.45) is 5.16 Å². The number of rotatable bonds is 3. The Morgan fingerprint density at radius 3 is 2.64 bits per heavy atom. The van der Waals surface area contributed by atoms with Crippen molar-refractivity contribution in [3.05, 3.63) is 41.5 Å². The molecule has 0 aliphatic heterocycles. The van der Waals surface area contributed by atoms with Gasteiger partial charge in [0.2, 0.25) is 0 Å². The van der Waals surface area contributed by atoms with E-state index < -0.39 is 0 Å². The number of allylic oxidation sites excluding steroid dienone is 1. The fourth-order valence-electron chi connectivity index (χ4n) is 0.981. The lowest BCUT2D eigenvalue weighted by molar-refractivity contribution is 0.321. The lowest BCUT2D eigenvalue weighted by atomic mass is 10.1. The van der Waals surface area contributed by atoms with Crippen molar-refractivity contribution in [1.82, 2.24) is 0 Å². The van der Waals surface area contributed by atoms with Crippen LogP contribution in [0.1, 0.15) is 17.5 Å². The Morgan fingerprint density at radius 1 is 1.36 bits per heavy atom. The molecule has 0 saturated carbocycles. The molecule has 0 radical (unpaired) electrons. The van der Waals surface area contributed by atoms with E-state index in [1.807, 2.05) is 24.3 Å². The van der Waals surface area contributed by atoms with Crippen molar-refractivity contribution in [3.8, 4) is 6.07 Å². The highest BCUT2D eigenvalue weighted by Crippen LogP contribution is 2.05. The van der Waals surface area contributed by atoms with Crippen molar-refractivity contribution in [1.29, 1.82) is 5.26 Å². The summed E-state index contributed by atoms with van der Waals surface area (Å²) in [5, 5.41) is 19.6. The maximum atomic E-state index is 8.56. The van der Waals surface area contributed by atoms with Gasteiger partial charge in [-0.1, -0.05) is 24.3 Å². The molecule has 0 heterocycles. The summed E-state index contributed by atoms with van der Waals surface area (Å²) >= 11 is 0. The molecule has 0 atom stereocenters. The SMILES string of the molecule is N#Cc1ccc(C=CCC=NO)cc1. The molecule has 3 heteroatoms. The van der Waals surface area contributed by atoms with Gasteiger partial charge in [0.05, 0.1) is 11.6 Å². The number of oxime groups is 1. The molecule has 1 aromatic carbocycles. The van der Waals surface area contributed by atoms with Crippen LogP contribution >= 0.6 is 0 Å². The standard InChI is InChI=1S/C11H10N2O/c12-9-11-6-4-10(5-7-11)3-1-2-8-13-14/h1,3-8,14H,2H2. The van der Waals surface area contributed by atoms with E-state index in [1.165, 1.54) is 6.21 Å². The zero-order valence-corrected chi connectivity index (χ0v) is 7.59. The molecule has 0 aliphatic carbocycles. The van der Waals surface area contributed by atoms with E-state index in [2.05, 4.69) is 11.2 Å². The summed E-state index contributed by atoms with van der Waals surface area (Å²) in [6.45, 7) is 0. The predicted octanol–water partition coefficient (Wildman–Crippen LogP) is 2.42. The Morgan fingerprint density at radius 2 is 2.07 bits per heavy atom. The monoisotopic (exact) mass is 186 g/mol. The molecule has 0 bridgehead atoms. The second kappa shape index (κ2) is 5.55. The van der Waals surface area contributed by atoms with Gasteiger partial charge in [-0.2, -0.15) is 5.26 Å². The second-order valence-corrected chi connectivity index (χ2v) is 2.67. The van der Waals surface area contributed by atoms with Gasteiger partial charge in [0, 0.05) is 12.6 Å². The number of hydrogen-bond donors (Lipinski definition) is 1. The maximum absolute atomic E-state index is 8.56. The van der Waals surface area contributed by atoms with Gasteiger partial charge in [0.25, 0.3) is 0 Å². The first kappa shape index (κ1) is 10.0. The van der Waals surface area contributed by atoms with Gasteiger partial charge in [0.1, 0.15) is 0 Å². The molecule has 0 aromatic heterocycles. The Labute approximate surface area is 82.6 Å². The minimum Gasteiger partial charge on any atom is -0.411 e. The van der Waals surface area contributed by atoms with Crippen LogP contribution in [0.25, 0.3) is 6.08 Å². The van der Waals surface area contributed by atoms with Gasteiger partial charge in [0.15, 0.2) is 0 Å². The van der Waals surface area contributed by atoms with Crippen molar-refractivity contribution >= 4 is 12.3 Å². The fraction of sp³-hybridized carbons (Fsp3) is 0.0909. The summed E-state index contributed by atoms with van der Waals surface area (Å²) in [6, 6.07) is 9.31. The Kier molecular flexibility index (Phi) is 3.96. The van der Waals surface area contributed by atoms with Crippen LogP contribution < -0.4 is 0 Å². The van der Waals surface area contributed by atoms with Crippen molar-refractivity contribution in [3.63, 3.8) is 0 Å². The third-order valence-corrected chi connectivity index (χ3v) is 1.67. The molecule has 1 aromatic rings. The van der Waals surface area contributed by atoms with E-state index in [9.17, 15) is 0 Å². The zero-order valence-electron chi connectivity index (χ0n) is 7.59. The van der Waals surface area contributed by atoms with Gasteiger partial charge in [-0.05, 0) is 17.7 Å². The Hall–Kier alpha value is -2.08. The zero-order chi connectivity index (χ0) is 10.2. The molecule has 0 unspecified atom stereocenters. The number of nitrogens with zero attached hydrogens (tertiary/aromatic N) is 2. The second-order valence-electron chi connectivity index (χ2n) is 2.67. The molecular weight excluding hydrogens is 176 g/mol. The van der Waals surface area contributed by atoms with Gasteiger partial charge in [-0.15, -0.1) is 5.16 Å². The topological polar surface area (TPSA) is 56.4 Å². The van der Waals surface area contributed by atoms with E-state index in [-0.39, 0.29) is 0 Å². The first-order valence-electron chi connectivity index (χ1n) is 4.19. The average molecular weight is 186 g/mol. The molecule has 0 spiro atoms. The van der Waals surface area contributed by atoms with E-state index in [0.29, 0.717) is 12.0 Å². The highest BCUT2D eigenvalue weighted by Gasteiger charge is 1.88. The van der Waals surface area contributed by atoms with Crippen LogP contribution in [0.3, 0.4) is 0 Å². The molecule has 14 heavy (non-hydrogen) atoms. The molecule has 70 valence electrons. The van der Waals surface area contributed by atoms with Crippen LogP contribution in [0.15, 0.2) is 35.5 Å². The Bertz CT molecular complexity index is 371. The molecule has 1 rings (SSSR count). The van der Waals surface area contributed by atoms with Crippen molar-refractivity contribution < 1.29 is 5.21 Å². The molecule has 0 aliphatic rings. The van der Waals surface area contributed by atoms with E-state index in [4.69, 9.17) is 10.5 Å². The summed E-state index contributed by atoms with van der Waals surface area (Å²) in [7, 11) is 0. The lowest BCUT2D eigenvalue weighted by Crippen LogP contribution is -1.75. The Balaban J connectivity index is 2.60. The van der Waals surface area contributed by atoms with Gasteiger partial charge in [-0.3, -0.25) is 0 Å². The predicted molar refractivity (Wildman–Crippen MR) is 55.1 cm³/mol. The quantitative estimate of drug-likeness (QED) is 0.447. The van der Waals surface area contributed by atoms with E-state index in [0.717, 1.165) is 5.56 Å². The molecule has 3 nitrogen and oxygen atoms in total. The molecule has 0 amide bonds. The van der Waals surface area contributed by atoms with Gasteiger partial charge in [-0.25, -0.2) is 0 Å². The van der Waals surface area contributed by atoms with Gasteiger partial charge >= 0.3 is 0 Å². The highest BCUT2D eigenvalue weighted by atomic mass is 16.4. The smallest absolute Gasteiger partial charge is 0.0991 e. The van der Waals surface area contributed by atoms with Crippen LogP contribution in [0, 0.1) is 11.3 Å². The highest BCUT2D eigenvalue weighted by molar-refractivity contribution is 5.62. The molecular formula is C11H10N2O. The summed E-state index contributed by atoms with van der Waals surface area (Å²) in [5.41, 5.74) is 1.68. The third-order valence-electron chi connectivity index (χ3n) is 1.67. The minimum atomic E-state index is 0.594. The largest absolute Gasteiger partial charge is 0.411 e. The molecule has 1 N–H and O–H groups in total. The lowest BCUT2D eigenvalue weighted by Gasteiger charge is -1.91. The van der Waals surface area contributed by atoms with E-state index >= 15 is 0 Å². The van der Waals surface area contributed by atoms with Crippen LogP contribution in [0.4, 0.5) is 0 Å². The minimum absolute atomic E-state index is 0.594. The number of benzene rings is 1. The van der Waals surface area contributed by atoms with Gasteiger partial charge < -0.3 is 5.21 Å². The summed E-state index contributed by atoms with van der Waals surface area (Å²) in [6.07, 6.45) is 5.78. The number of nitriles is 1. The van der Waals surface area contributed by atoms with Crippen molar-refractivity contribution in [2.75, 3.05) is 0 Å². The van der Waals surface area contributed by atoms with Crippen LogP contribution in [-0.4, -0.2) is 11.4 Å². The fourth-order valence-corrected chi connectivity index (χ4v) is 0.981. The normalized spacial score (nSPS) is 10.8. The van der Waals surface area contributed by atoms with Crippen molar-refractivity contribution in [2.45, 2.75) is 6.42 Å². The summed E-state index contributed by atoms with van der Waals surface area (Å²) in [5.74, 6) is 0.